The molecular weight excluding hydrogens is 378 g/mol. The SMILES string of the molecule is COc1ccc(/C=C2/SC(=O)N(Cc3nc4ccccc4[nH]3)C2=O)cc1OC. The van der Waals surface area contributed by atoms with Gasteiger partial charge >= 0.3 is 0 Å². The molecule has 1 aliphatic rings. The van der Waals surface area contributed by atoms with Gasteiger partial charge in [-0.3, -0.25) is 14.5 Å². The van der Waals surface area contributed by atoms with Crippen LogP contribution in [0.4, 0.5) is 4.79 Å². The zero-order chi connectivity index (χ0) is 19.7. The molecule has 1 aromatic heterocycles. The topological polar surface area (TPSA) is 84.5 Å². The van der Waals surface area contributed by atoms with E-state index in [2.05, 4.69) is 9.97 Å². The average molecular weight is 395 g/mol. The van der Waals surface area contributed by atoms with Crippen LogP contribution in [0.15, 0.2) is 47.4 Å². The molecule has 28 heavy (non-hydrogen) atoms. The van der Waals surface area contributed by atoms with E-state index in [9.17, 15) is 9.59 Å². The Morgan fingerprint density at radius 1 is 1.11 bits per heavy atom. The number of nitrogens with one attached hydrogen (secondary N) is 1. The zero-order valence-corrected chi connectivity index (χ0v) is 16.1. The molecule has 1 N–H and O–H groups in total. The Balaban J connectivity index is 1.57. The highest BCUT2D eigenvalue weighted by Crippen LogP contribution is 2.35. The standard InChI is InChI=1S/C20H17N3O4S/c1-26-15-8-7-12(9-16(15)27-2)10-17-19(24)23(20(25)28-17)11-18-21-13-5-3-4-6-14(13)22-18/h3-10H,11H2,1-2H3,(H,21,22)/b17-10+. The van der Waals surface area contributed by atoms with Gasteiger partial charge in [-0.2, -0.15) is 0 Å². The first-order chi connectivity index (χ1) is 13.6. The Bertz CT molecular complexity index is 1070. The third-order valence-corrected chi connectivity index (χ3v) is 5.23. The smallest absolute Gasteiger partial charge is 0.293 e. The van der Waals surface area contributed by atoms with Crippen LogP contribution >= 0.6 is 11.8 Å². The van der Waals surface area contributed by atoms with Gasteiger partial charge in [0.1, 0.15) is 5.82 Å². The number of carbonyl (C=O) groups excluding carboxylic acids is 2. The lowest BCUT2D eigenvalue weighted by molar-refractivity contribution is -0.123. The maximum atomic E-state index is 12.7. The first-order valence-electron chi connectivity index (χ1n) is 8.50. The Morgan fingerprint density at radius 3 is 2.64 bits per heavy atom. The molecule has 7 nitrogen and oxygen atoms in total. The first kappa shape index (κ1) is 18.1. The van der Waals surface area contributed by atoms with Crippen LogP contribution < -0.4 is 9.47 Å². The fraction of sp³-hybridized carbons (Fsp3) is 0.150. The molecule has 0 saturated carbocycles. The molecule has 0 spiro atoms. The highest BCUT2D eigenvalue weighted by Gasteiger charge is 2.35. The van der Waals surface area contributed by atoms with Gasteiger partial charge in [-0.25, -0.2) is 4.98 Å². The fourth-order valence-corrected chi connectivity index (χ4v) is 3.80. The van der Waals surface area contributed by atoms with E-state index in [1.807, 2.05) is 24.3 Å². The number of thioether (sulfide) groups is 1. The van der Waals surface area contributed by atoms with E-state index in [4.69, 9.17) is 9.47 Å². The number of methoxy groups -OCH3 is 2. The van der Waals surface area contributed by atoms with E-state index in [0.717, 1.165) is 28.4 Å². The summed E-state index contributed by atoms with van der Waals surface area (Å²) in [6, 6.07) is 12.9. The second kappa shape index (κ2) is 7.40. The largest absolute Gasteiger partial charge is 0.493 e. The summed E-state index contributed by atoms with van der Waals surface area (Å²) in [6.07, 6.45) is 1.67. The maximum absolute atomic E-state index is 12.7. The van der Waals surface area contributed by atoms with Crippen molar-refractivity contribution < 1.29 is 19.1 Å². The van der Waals surface area contributed by atoms with Gasteiger partial charge < -0.3 is 14.5 Å². The van der Waals surface area contributed by atoms with Crippen LogP contribution in [0.3, 0.4) is 0 Å². The van der Waals surface area contributed by atoms with Crippen molar-refractivity contribution in [2.75, 3.05) is 14.2 Å². The third kappa shape index (κ3) is 3.34. The molecule has 0 unspecified atom stereocenters. The van der Waals surface area contributed by atoms with Crippen molar-refractivity contribution in [2.24, 2.45) is 0 Å². The lowest BCUT2D eigenvalue weighted by Crippen LogP contribution is -2.28. The lowest BCUT2D eigenvalue weighted by atomic mass is 10.2. The van der Waals surface area contributed by atoms with Gasteiger partial charge in [-0.1, -0.05) is 18.2 Å². The molecular formula is C20H17N3O4S. The van der Waals surface area contributed by atoms with E-state index in [1.54, 1.807) is 38.5 Å². The number of hydrogen-bond acceptors (Lipinski definition) is 6. The predicted octanol–water partition coefficient (Wildman–Crippen LogP) is 3.82. The number of aromatic nitrogens is 2. The van der Waals surface area contributed by atoms with Crippen LogP contribution in [0.25, 0.3) is 17.1 Å². The minimum atomic E-state index is -0.342. The van der Waals surface area contributed by atoms with E-state index in [0.29, 0.717) is 22.2 Å². The molecule has 3 aromatic rings. The molecule has 0 bridgehead atoms. The number of H-pyrrole nitrogens is 1. The summed E-state index contributed by atoms with van der Waals surface area (Å²) in [7, 11) is 3.10. The molecule has 142 valence electrons. The first-order valence-corrected chi connectivity index (χ1v) is 9.31. The lowest BCUT2D eigenvalue weighted by Gasteiger charge is -2.10. The molecule has 2 amide bonds. The van der Waals surface area contributed by atoms with Crippen LogP contribution in [-0.4, -0.2) is 40.2 Å². The number of aromatic amines is 1. The monoisotopic (exact) mass is 395 g/mol. The summed E-state index contributed by atoms with van der Waals surface area (Å²) in [6.45, 7) is 0.0998. The quantitative estimate of drug-likeness (QED) is 0.661. The third-order valence-electron chi connectivity index (χ3n) is 4.33. The van der Waals surface area contributed by atoms with Gasteiger partial charge in [0.25, 0.3) is 11.1 Å². The number of hydrogen-bond donors (Lipinski definition) is 1. The van der Waals surface area contributed by atoms with Crippen molar-refractivity contribution in [1.82, 2.24) is 14.9 Å². The normalized spacial score (nSPS) is 15.6. The Hall–Kier alpha value is -3.26. The van der Waals surface area contributed by atoms with Crippen molar-refractivity contribution in [3.8, 4) is 11.5 Å². The number of fused-ring (bicyclic) bond motifs is 1. The minimum absolute atomic E-state index is 0.0998. The van der Waals surface area contributed by atoms with Gasteiger partial charge in [0.2, 0.25) is 0 Å². The van der Waals surface area contributed by atoms with Crippen LogP contribution in [-0.2, 0) is 11.3 Å². The van der Waals surface area contributed by atoms with Crippen LogP contribution in [0.1, 0.15) is 11.4 Å². The summed E-state index contributed by atoms with van der Waals surface area (Å²) in [5, 5.41) is -0.322. The van der Waals surface area contributed by atoms with Crippen molar-refractivity contribution >= 4 is 40.0 Å². The number of rotatable bonds is 5. The number of imide groups is 1. The number of amides is 2. The van der Waals surface area contributed by atoms with Gasteiger partial charge in [-0.15, -0.1) is 0 Å². The number of ether oxygens (including phenoxy) is 2. The summed E-state index contributed by atoms with van der Waals surface area (Å²) in [5.41, 5.74) is 2.41. The molecule has 2 aromatic carbocycles. The van der Waals surface area contributed by atoms with E-state index >= 15 is 0 Å². The average Bonchev–Trinajstić information content (AvgIpc) is 3.23. The van der Waals surface area contributed by atoms with E-state index in [1.165, 1.54) is 4.90 Å². The number of benzene rings is 2. The number of imidazole rings is 1. The maximum Gasteiger partial charge on any atom is 0.293 e. The van der Waals surface area contributed by atoms with Crippen molar-refractivity contribution in [3.63, 3.8) is 0 Å². The summed E-state index contributed by atoms with van der Waals surface area (Å²) < 4.78 is 10.5. The summed E-state index contributed by atoms with van der Waals surface area (Å²) in [4.78, 5) is 34.2. The summed E-state index contributed by atoms with van der Waals surface area (Å²) >= 11 is 0.911. The van der Waals surface area contributed by atoms with Crippen molar-refractivity contribution in [2.45, 2.75) is 6.54 Å². The molecule has 2 heterocycles. The minimum Gasteiger partial charge on any atom is -0.493 e. The number of para-hydroxylation sites is 2. The Morgan fingerprint density at radius 2 is 1.89 bits per heavy atom. The Kier molecular flexibility index (Phi) is 4.79. The van der Waals surface area contributed by atoms with Gasteiger partial charge in [0.05, 0.1) is 36.7 Å². The molecule has 1 fully saturated rings. The second-order valence-corrected chi connectivity index (χ2v) is 7.08. The highest BCUT2D eigenvalue weighted by atomic mass is 32.2. The zero-order valence-electron chi connectivity index (χ0n) is 15.3. The van der Waals surface area contributed by atoms with Crippen molar-refractivity contribution in [1.29, 1.82) is 0 Å². The molecule has 8 heteroatoms. The molecule has 0 radical (unpaired) electrons. The summed E-state index contributed by atoms with van der Waals surface area (Å²) in [5.74, 6) is 1.37. The second-order valence-electron chi connectivity index (χ2n) is 6.08. The van der Waals surface area contributed by atoms with Crippen LogP contribution in [0.2, 0.25) is 0 Å². The van der Waals surface area contributed by atoms with E-state index < -0.39 is 0 Å². The van der Waals surface area contributed by atoms with E-state index in [-0.39, 0.29) is 17.7 Å². The van der Waals surface area contributed by atoms with Crippen LogP contribution in [0, 0.1) is 0 Å². The molecule has 0 atom stereocenters. The van der Waals surface area contributed by atoms with Crippen molar-refractivity contribution in [3.05, 3.63) is 58.8 Å². The highest BCUT2D eigenvalue weighted by molar-refractivity contribution is 8.18. The molecule has 1 saturated heterocycles. The molecule has 1 aliphatic heterocycles. The predicted molar refractivity (Wildman–Crippen MR) is 107 cm³/mol. The number of carbonyl (C=O) groups is 2. The Labute approximate surface area is 165 Å². The van der Waals surface area contributed by atoms with Gasteiger partial charge in [-0.05, 0) is 47.7 Å². The van der Waals surface area contributed by atoms with Gasteiger partial charge in [0, 0.05) is 0 Å². The fourth-order valence-electron chi connectivity index (χ4n) is 2.96. The van der Waals surface area contributed by atoms with Gasteiger partial charge in [0.15, 0.2) is 11.5 Å². The number of nitrogens with zero attached hydrogens (tertiary/aromatic N) is 2. The molecule has 0 aliphatic carbocycles. The molecule has 4 rings (SSSR count). The van der Waals surface area contributed by atoms with Crippen LogP contribution in [0.5, 0.6) is 11.5 Å².